The Kier molecular flexibility index (Phi) is 2.63. The third-order valence-corrected chi connectivity index (χ3v) is 6.52. The van der Waals surface area contributed by atoms with Crippen molar-refractivity contribution in [2.45, 2.75) is 76.8 Å². The second-order valence-electron chi connectivity index (χ2n) is 7.62. The van der Waals surface area contributed by atoms with Crippen molar-refractivity contribution < 1.29 is 14.5 Å². The zero-order chi connectivity index (χ0) is 13.3. The molecule has 0 radical (unpaired) electrons. The molecule has 2 bridgehead atoms. The molecule has 3 heterocycles. The molecule has 5 fully saturated rings. The van der Waals surface area contributed by atoms with E-state index in [1.165, 1.54) is 25.7 Å². The number of hydrogen-bond donors (Lipinski definition) is 0. The highest BCUT2D eigenvalue weighted by Gasteiger charge is 2.66. The standard InChI is InChI=1S/C16H26O3/c1-10-4-6-12-11(2)5-7-14-16(12)13(10)8-9-15(3,17-14)18-19-16/h10-14H,4-9H2,1-3H3/t10-,11+,12+,13?,14+,15-,16+/m1/s1. The second-order valence-corrected chi connectivity index (χ2v) is 7.62. The molecule has 0 aromatic carbocycles. The van der Waals surface area contributed by atoms with Crippen LogP contribution in [0.5, 0.6) is 0 Å². The molecule has 0 amide bonds. The average molecular weight is 266 g/mol. The minimum absolute atomic E-state index is 0.147. The molecule has 5 rings (SSSR count). The Hall–Kier alpha value is -0.120. The van der Waals surface area contributed by atoms with Gasteiger partial charge < -0.3 is 4.74 Å². The molecule has 2 saturated carbocycles. The van der Waals surface area contributed by atoms with Gasteiger partial charge in [0.25, 0.3) is 0 Å². The summed E-state index contributed by atoms with van der Waals surface area (Å²) in [5.41, 5.74) is -0.147. The fraction of sp³-hybridized carbons (Fsp3) is 1.00. The first-order valence-corrected chi connectivity index (χ1v) is 8.10. The highest BCUT2D eigenvalue weighted by atomic mass is 17.3. The summed E-state index contributed by atoms with van der Waals surface area (Å²) in [6.07, 6.45) is 7.45. The maximum Gasteiger partial charge on any atom is 0.199 e. The van der Waals surface area contributed by atoms with Crippen LogP contribution in [-0.4, -0.2) is 17.5 Å². The van der Waals surface area contributed by atoms with Gasteiger partial charge in [-0.05, 0) is 62.7 Å². The summed E-state index contributed by atoms with van der Waals surface area (Å²) in [5, 5.41) is 0. The van der Waals surface area contributed by atoms with Gasteiger partial charge in [-0.3, -0.25) is 0 Å². The molecule has 5 aliphatic rings. The maximum absolute atomic E-state index is 6.38. The van der Waals surface area contributed by atoms with Gasteiger partial charge in [0.1, 0.15) is 5.60 Å². The molecule has 0 aromatic heterocycles. The van der Waals surface area contributed by atoms with Crippen LogP contribution in [0.3, 0.4) is 0 Å². The van der Waals surface area contributed by atoms with Crippen LogP contribution >= 0.6 is 0 Å². The van der Waals surface area contributed by atoms with Gasteiger partial charge in [-0.2, -0.15) is 0 Å². The lowest BCUT2D eigenvalue weighted by Crippen LogP contribution is -2.67. The van der Waals surface area contributed by atoms with E-state index in [0.717, 1.165) is 24.7 Å². The monoisotopic (exact) mass is 266 g/mol. The normalized spacial score (nSPS) is 60.5. The van der Waals surface area contributed by atoms with Gasteiger partial charge in [0.15, 0.2) is 5.79 Å². The minimum atomic E-state index is -0.502. The number of rotatable bonds is 0. The second kappa shape index (κ2) is 3.96. The van der Waals surface area contributed by atoms with Crippen LogP contribution in [0.2, 0.25) is 0 Å². The van der Waals surface area contributed by atoms with Crippen molar-refractivity contribution in [2.24, 2.45) is 23.7 Å². The van der Waals surface area contributed by atoms with E-state index in [9.17, 15) is 0 Å². The van der Waals surface area contributed by atoms with Crippen molar-refractivity contribution in [1.29, 1.82) is 0 Å². The van der Waals surface area contributed by atoms with Crippen LogP contribution < -0.4 is 0 Å². The molecule has 2 aliphatic carbocycles. The third kappa shape index (κ3) is 1.55. The zero-order valence-electron chi connectivity index (χ0n) is 12.4. The highest BCUT2D eigenvalue weighted by Crippen LogP contribution is 2.60. The molecule has 1 unspecified atom stereocenters. The van der Waals surface area contributed by atoms with Gasteiger partial charge in [0.05, 0.1) is 6.10 Å². The molecule has 3 heteroatoms. The van der Waals surface area contributed by atoms with E-state index >= 15 is 0 Å². The van der Waals surface area contributed by atoms with Crippen molar-refractivity contribution in [1.82, 2.24) is 0 Å². The lowest BCUT2D eigenvalue weighted by atomic mass is 9.54. The molecule has 3 aliphatic heterocycles. The van der Waals surface area contributed by atoms with Gasteiger partial charge in [-0.25, -0.2) is 9.78 Å². The Morgan fingerprint density at radius 3 is 2.32 bits per heavy atom. The molecule has 3 nitrogen and oxygen atoms in total. The highest BCUT2D eigenvalue weighted by molar-refractivity contribution is 5.11. The summed E-state index contributed by atoms with van der Waals surface area (Å²) >= 11 is 0. The third-order valence-electron chi connectivity index (χ3n) is 6.52. The van der Waals surface area contributed by atoms with E-state index in [1.54, 1.807) is 0 Å². The van der Waals surface area contributed by atoms with Crippen LogP contribution in [0.15, 0.2) is 0 Å². The first-order valence-electron chi connectivity index (χ1n) is 8.10. The van der Waals surface area contributed by atoms with Gasteiger partial charge in [0.2, 0.25) is 0 Å². The number of ether oxygens (including phenoxy) is 1. The van der Waals surface area contributed by atoms with Crippen molar-refractivity contribution >= 4 is 0 Å². The first kappa shape index (κ1) is 12.6. The van der Waals surface area contributed by atoms with E-state index in [0.29, 0.717) is 11.8 Å². The molecule has 108 valence electrons. The molecular weight excluding hydrogens is 240 g/mol. The predicted molar refractivity (Wildman–Crippen MR) is 71.2 cm³/mol. The Labute approximate surface area is 115 Å². The average Bonchev–Trinajstić information content (AvgIpc) is 2.61. The Bertz CT molecular complexity index is 384. The number of hydrogen-bond acceptors (Lipinski definition) is 3. The van der Waals surface area contributed by atoms with E-state index < -0.39 is 5.79 Å². The van der Waals surface area contributed by atoms with Gasteiger partial charge in [-0.1, -0.05) is 13.8 Å². The van der Waals surface area contributed by atoms with Crippen molar-refractivity contribution in [3.05, 3.63) is 0 Å². The van der Waals surface area contributed by atoms with Gasteiger partial charge in [-0.15, -0.1) is 0 Å². The smallest absolute Gasteiger partial charge is 0.199 e. The van der Waals surface area contributed by atoms with Crippen LogP contribution in [0.4, 0.5) is 0 Å². The molecule has 7 atom stereocenters. The summed E-state index contributed by atoms with van der Waals surface area (Å²) < 4.78 is 6.38. The Morgan fingerprint density at radius 2 is 1.53 bits per heavy atom. The molecule has 19 heavy (non-hydrogen) atoms. The topological polar surface area (TPSA) is 27.7 Å². The van der Waals surface area contributed by atoms with Crippen LogP contribution in [-0.2, 0) is 14.5 Å². The minimum Gasteiger partial charge on any atom is -0.341 e. The van der Waals surface area contributed by atoms with Crippen molar-refractivity contribution in [3.63, 3.8) is 0 Å². The summed E-state index contributed by atoms with van der Waals surface area (Å²) in [6.45, 7) is 6.84. The van der Waals surface area contributed by atoms with Crippen LogP contribution in [0, 0.1) is 23.7 Å². The fourth-order valence-corrected chi connectivity index (χ4v) is 5.47. The van der Waals surface area contributed by atoms with Crippen LogP contribution in [0.25, 0.3) is 0 Å². The Morgan fingerprint density at radius 1 is 0.842 bits per heavy atom. The first-order chi connectivity index (χ1) is 9.05. The SMILES string of the molecule is C[C@@H]1CC[C@H]2[C@@H](C)CC[C@@H]3O[C@@]4(C)CCC1[C@]32OO4. The molecule has 0 aromatic rings. The molecule has 0 N–H and O–H groups in total. The maximum atomic E-state index is 6.38. The van der Waals surface area contributed by atoms with Crippen LogP contribution in [0.1, 0.15) is 59.3 Å². The molecule has 1 spiro atoms. The Balaban J connectivity index is 1.81. The van der Waals surface area contributed by atoms with Gasteiger partial charge >= 0.3 is 0 Å². The number of fused-ring (bicyclic) bond motifs is 2. The summed E-state index contributed by atoms with van der Waals surface area (Å²) in [5.74, 6) is 2.20. The lowest BCUT2D eigenvalue weighted by Gasteiger charge is -2.59. The largest absolute Gasteiger partial charge is 0.341 e. The lowest BCUT2D eigenvalue weighted by molar-refractivity contribution is -0.538. The fourth-order valence-electron chi connectivity index (χ4n) is 5.47. The summed E-state index contributed by atoms with van der Waals surface area (Å²) in [6, 6.07) is 0. The molecular formula is C16H26O3. The summed E-state index contributed by atoms with van der Waals surface area (Å²) in [7, 11) is 0. The van der Waals surface area contributed by atoms with Crippen molar-refractivity contribution in [2.75, 3.05) is 0 Å². The summed E-state index contributed by atoms with van der Waals surface area (Å²) in [4.78, 5) is 11.9. The van der Waals surface area contributed by atoms with E-state index in [-0.39, 0.29) is 11.7 Å². The predicted octanol–water partition coefficient (Wildman–Crippen LogP) is 3.67. The van der Waals surface area contributed by atoms with E-state index in [2.05, 4.69) is 20.8 Å². The van der Waals surface area contributed by atoms with Gasteiger partial charge in [0, 0.05) is 6.42 Å². The van der Waals surface area contributed by atoms with E-state index in [1.807, 2.05) is 0 Å². The quantitative estimate of drug-likeness (QED) is 0.626. The van der Waals surface area contributed by atoms with E-state index in [4.69, 9.17) is 14.5 Å². The zero-order valence-corrected chi connectivity index (χ0v) is 12.4. The molecule has 3 saturated heterocycles. The van der Waals surface area contributed by atoms with Crippen molar-refractivity contribution in [3.8, 4) is 0 Å².